The molecule has 1 saturated heterocycles. The summed E-state index contributed by atoms with van der Waals surface area (Å²) in [6, 6.07) is 10.7. The second-order valence-electron chi connectivity index (χ2n) is 10.2. The highest BCUT2D eigenvalue weighted by Gasteiger charge is 2.37. The first-order valence-electron chi connectivity index (χ1n) is 13.0. The molecule has 40 heavy (non-hydrogen) atoms. The monoisotopic (exact) mass is 596 g/mol. The van der Waals surface area contributed by atoms with E-state index in [4.69, 9.17) is 16.3 Å². The molecule has 11 heteroatoms. The van der Waals surface area contributed by atoms with Crippen LogP contribution in [0.4, 0.5) is 13.2 Å². The van der Waals surface area contributed by atoms with Crippen LogP contribution in [0.1, 0.15) is 49.3 Å². The van der Waals surface area contributed by atoms with Crippen molar-refractivity contribution in [2.75, 3.05) is 32.5 Å². The zero-order valence-corrected chi connectivity index (χ0v) is 23.7. The van der Waals surface area contributed by atoms with Gasteiger partial charge in [-0.1, -0.05) is 17.7 Å². The number of hydrogen-bond acceptors (Lipinski definition) is 6. The van der Waals surface area contributed by atoms with Crippen LogP contribution in [0.2, 0.25) is 5.02 Å². The van der Waals surface area contributed by atoms with Gasteiger partial charge in [0.1, 0.15) is 5.75 Å². The number of hydrogen-bond donors (Lipinski definition) is 2. The average Bonchev–Trinajstić information content (AvgIpc) is 2.92. The van der Waals surface area contributed by atoms with Crippen molar-refractivity contribution in [1.82, 2.24) is 9.88 Å². The van der Waals surface area contributed by atoms with Crippen molar-refractivity contribution >= 4 is 40.2 Å². The van der Waals surface area contributed by atoms with Crippen molar-refractivity contribution < 1.29 is 32.9 Å². The molecular formula is C29H32ClF3N2O4S. The number of likely N-dealkylation sites (tertiary alicyclic amines) is 1. The quantitative estimate of drug-likeness (QED) is 0.229. The van der Waals surface area contributed by atoms with Crippen LogP contribution in [0.5, 0.6) is 5.75 Å². The Hall–Kier alpha value is -2.53. The van der Waals surface area contributed by atoms with Crippen molar-refractivity contribution in [2.24, 2.45) is 5.41 Å². The number of halogens is 4. The van der Waals surface area contributed by atoms with Gasteiger partial charge in [-0.3, -0.25) is 9.78 Å². The van der Waals surface area contributed by atoms with E-state index in [0.29, 0.717) is 83.2 Å². The molecule has 0 unspecified atom stereocenters. The molecule has 0 spiro atoms. The molecule has 4 rings (SSSR count). The molecule has 0 radical (unpaired) electrons. The van der Waals surface area contributed by atoms with Crippen LogP contribution in [0.25, 0.3) is 10.9 Å². The van der Waals surface area contributed by atoms with Crippen molar-refractivity contribution in [3.63, 3.8) is 0 Å². The smallest absolute Gasteiger partial charge is 0.416 e. The third kappa shape index (κ3) is 7.60. The maximum absolute atomic E-state index is 13.0. The number of carboxylic acid groups (broad SMARTS) is 1. The highest BCUT2D eigenvalue weighted by Crippen LogP contribution is 2.43. The van der Waals surface area contributed by atoms with Gasteiger partial charge in [0, 0.05) is 34.3 Å². The molecule has 0 aliphatic carbocycles. The maximum Gasteiger partial charge on any atom is 0.416 e. The molecule has 1 atom stereocenters. The van der Waals surface area contributed by atoms with E-state index < -0.39 is 29.2 Å². The van der Waals surface area contributed by atoms with Crippen LogP contribution in [0.3, 0.4) is 0 Å². The third-order valence-corrected chi connectivity index (χ3v) is 8.91. The minimum absolute atomic E-state index is 0.00515. The lowest BCUT2D eigenvalue weighted by atomic mass is 9.71. The Balaban J connectivity index is 1.36. The lowest BCUT2D eigenvalue weighted by molar-refractivity contribution is -0.141. The molecule has 3 aromatic rings. The first-order valence-corrected chi connectivity index (χ1v) is 14.4. The number of benzene rings is 2. The van der Waals surface area contributed by atoms with E-state index in [-0.39, 0.29) is 6.42 Å². The number of aliphatic hydroxyl groups excluding tert-OH is 1. The Morgan fingerprint density at radius 1 is 1.23 bits per heavy atom. The number of aromatic nitrogens is 1. The van der Waals surface area contributed by atoms with Gasteiger partial charge in [-0.2, -0.15) is 13.2 Å². The number of aliphatic carboxylic acids is 1. The summed E-state index contributed by atoms with van der Waals surface area (Å²) in [5.74, 6) is 0.370. The summed E-state index contributed by atoms with van der Waals surface area (Å²) in [6.07, 6.45) is -1.60. The fraction of sp³-hybridized carbons (Fsp3) is 0.448. The highest BCUT2D eigenvalue weighted by atomic mass is 35.5. The Bertz CT molecular complexity index is 1330. The van der Waals surface area contributed by atoms with Crippen LogP contribution >= 0.6 is 23.4 Å². The summed E-state index contributed by atoms with van der Waals surface area (Å²) in [6.45, 7) is 2.05. The number of rotatable bonds is 11. The Morgan fingerprint density at radius 3 is 2.65 bits per heavy atom. The van der Waals surface area contributed by atoms with Crippen LogP contribution in [0, 0.1) is 5.41 Å². The van der Waals surface area contributed by atoms with Gasteiger partial charge in [0.2, 0.25) is 0 Å². The summed E-state index contributed by atoms with van der Waals surface area (Å²) < 4.78 is 44.3. The number of methoxy groups -OCH3 is 1. The summed E-state index contributed by atoms with van der Waals surface area (Å²) in [5.41, 5.74) is 0.108. The number of pyridine rings is 1. The van der Waals surface area contributed by atoms with E-state index in [1.54, 1.807) is 31.4 Å². The number of fused-ring (bicyclic) bond motifs is 1. The van der Waals surface area contributed by atoms with Crippen LogP contribution in [0.15, 0.2) is 53.6 Å². The minimum atomic E-state index is -4.37. The van der Waals surface area contributed by atoms with E-state index in [1.165, 1.54) is 30.1 Å². The van der Waals surface area contributed by atoms with Gasteiger partial charge in [0.25, 0.3) is 0 Å². The lowest BCUT2D eigenvalue weighted by Gasteiger charge is -2.41. The van der Waals surface area contributed by atoms with Gasteiger partial charge < -0.3 is 19.8 Å². The minimum Gasteiger partial charge on any atom is -0.497 e. The van der Waals surface area contributed by atoms with Gasteiger partial charge in [0.05, 0.1) is 35.7 Å². The number of carbonyl (C=O) groups is 1. The van der Waals surface area contributed by atoms with E-state index in [1.807, 2.05) is 0 Å². The Morgan fingerprint density at radius 2 is 1.98 bits per heavy atom. The second kappa shape index (κ2) is 13.0. The van der Waals surface area contributed by atoms with Gasteiger partial charge in [0.15, 0.2) is 0 Å². The van der Waals surface area contributed by atoms with Gasteiger partial charge in [-0.15, -0.1) is 11.8 Å². The van der Waals surface area contributed by atoms with E-state index >= 15 is 0 Å². The molecule has 1 aromatic heterocycles. The number of aliphatic hydroxyl groups is 1. The second-order valence-corrected chi connectivity index (χ2v) is 11.8. The molecule has 0 bridgehead atoms. The van der Waals surface area contributed by atoms with Crippen molar-refractivity contribution in [1.29, 1.82) is 0 Å². The van der Waals surface area contributed by atoms with Crippen molar-refractivity contribution in [3.8, 4) is 5.75 Å². The predicted molar refractivity (Wildman–Crippen MR) is 150 cm³/mol. The lowest BCUT2D eigenvalue weighted by Crippen LogP contribution is -2.42. The molecule has 0 saturated carbocycles. The SMILES string of the molecule is COc1ccc2ncc(Cl)c([C@H](O)CCC3(CC(=O)O)CCN(CCSc4cccc(C(F)(F)F)c4)CC3)c2c1. The molecule has 1 aliphatic heterocycles. The Kier molecular flexibility index (Phi) is 9.87. The average molecular weight is 597 g/mol. The van der Waals surface area contributed by atoms with Crippen LogP contribution in [-0.2, 0) is 11.0 Å². The summed E-state index contributed by atoms with van der Waals surface area (Å²) in [7, 11) is 1.56. The number of ether oxygens (including phenoxy) is 1. The number of carboxylic acids is 1. The summed E-state index contributed by atoms with van der Waals surface area (Å²) >= 11 is 7.83. The van der Waals surface area contributed by atoms with Gasteiger partial charge in [-0.25, -0.2) is 0 Å². The molecular weight excluding hydrogens is 565 g/mol. The van der Waals surface area contributed by atoms with E-state index in [2.05, 4.69) is 9.88 Å². The molecule has 2 heterocycles. The fourth-order valence-corrected chi connectivity index (χ4v) is 6.61. The van der Waals surface area contributed by atoms with Crippen LogP contribution in [-0.4, -0.2) is 58.6 Å². The predicted octanol–water partition coefficient (Wildman–Crippen LogP) is 7.08. The first-order chi connectivity index (χ1) is 19.0. The molecule has 216 valence electrons. The number of alkyl halides is 3. The Labute approximate surface area is 240 Å². The zero-order chi connectivity index (χ0) is 28.9. The summed E-state index contributed by atoms with van der Waals surface area (Å²) in [5, 5.41) is 21.9. The van der Waals surface area contributed by atoms with Crippen molar-refractivity contribution in [2.45, 2.75) is 49.3 Å². The number of piperidine rings is 1. The molecule has 2 aromatic carbocycles. The first kappa shape index (κ1) is 30.4. The normalized spacial score (nSPS) is 16.6. The largest absolute Gasteiger partial charge is 0.497 e. The maximum atomic E-state index is 13.0. The third-order valence-electron chi connectivity index (χ3n) is 7.63. The molecule has 2 N–H and O–H groups in total. The van der Waals surface area contributed by atoms with Crippen molar-refractivity contribution in [3.05, 3.63) is 64.8 Å². The standard InChI is InChI=1S/C29H32ClF3N2O4S/c1-39-20-5-6-24-22(16-20)27(23(30)18-34-24)25(36)7-8-28(17-26(37)38)9-11-35(12-10-28)13-14-40-21-4-2-3-19(15-21)29(31,32)33/h2-6,15-16,18,25,36H,7-14,17H2,1H3,(H,37,38)/t25-/m1/s1. The molecule has 0 amide bonds. The molecule has 6 nitrogen and oxygen atoms in total. The van der Waals surface area contributed by atoms with Crippen LogP contribution < -0.4 is 4.74 Å². The van der Waals surface area contributed by atoms with Gasteiger partial charge >= 0.3 is 12.1 Å². The number of nitrogens with zero attached hydrogens (tertiary/aromatic N) is 2. The topological polar surface area (TPSA) is 82.9 Å². The molecule has 1 aliphatic rings. The zero-order valence-electron chi connectivity index (χ0n) is 22.1. The fourth-order valence-electron chi connectivity index (χ4n) is 5.36. The highest BCUT2D eigenvalue weighted by molar-refractivity contribution is 7.99. The van der Waals surface area contributed by atoms with E-state index in [0.717, 1.165) is 6.07 Å². The van der Waals surface area contributed by atoms with E-state index in [9.17, 15) is 28.2 Å². The summed E-state index contributed by atoms with van der Waals surface area (Å²) in [4.78, 5) is 18.9. The number of thioether (sulfide) groups is 1. The van der Waals surface area contributed by atoms with Gasteiger partial charge in [-0.05, 0) is 80.6 Å². The molecule has 1 fully saturated rings.